The molecule has 0 spiro atoms. The lowest BCUT2D eigenvalue weighted by Gasteiger charge is -2.06. The van der Waals surface area contributed by atoms with Gasteiger partial charge in [-0.05, 0) is 48.9 Å². The fourth-order valence-electron chi connectivity index (χ4n) is 2.64. The highest BCUT2D eigenvalue weighted by Gasteiger charge is 2.08. The highest BCUT2D eigenvalue weighted by molar-refractivity contribution is 5.67. The Bertz CT molecular complexity index is 978. The van der Waals surface area contributed by atoms with E-state index in [1.54, 1.807) is 6.20 Å². The molecule has 5 nitrogen and oxygen atoms in total. The zero-order valence-corrected chi connectivity index (χ0v) is 13.9. The molecule has 0 aliphatic carbocycles. The van der Waals surface area contributed by atoms with Gasteiger partial charge in [-0.3, -0.25) is 4.98 Å². The molecule has 0 saturated carbocycles. The van der Waals surface area contributed by atoms with Gasteiger partial charge in [0.2, 0.25) is 5.89 Å². The summed E-state index contributed by atoms with van der Waals surface area (Å²) in [6.07, 6.45) is 2.45. The van der Waals surface area contributed by atoms with Crippen molar-refractivity contribution < 1.29 is 4.42 Å². The molecule has 25 heavy (non-hydrogen) atoms. The minimum Gasteiger partial charge on any atom is -0.439 e. The maximum Gasteiger partial charge on any atom is 0.201 e. The molecule has 3 heterocycles. The predicted octanol–water partition coefficient (Wildman–Crippen LogP) is 4.13. The number of hydrogen-bond acceptors (Lipinski definition) is 5. The molecule has 124 valence electrons. The molecule has 0 bridgehead atoms. The maximum atomic E-state index is 5.77. The van der Waals surface area contributed by atoms with Crippen LogP contribution in [0.5, 0.6) is 0 Å². The summed E-state index contributed by atoms with van der Waals surface area (Å²) < 4.78 is 5.77. The normalized spacial score (nSPS) is 10.9. The number of fused-ring (bicyclic) bond motifs is 1. The summed E-state index contributed by atoms with van der Waals surface area (Å²) in [5.41, 5.74) is 5.56. The van der Waals surface area contributed by atoms with Crippen LogP contribution in [0.2, 0.25) is 0 Å². The molecule has 0 atom stereocenters. The van der Waals surface area contributed by atoms with Crippen LogP contribution in [0.3, 0.4) is 0 Å². The fourth-order valence-corrected chi connectivity index (χ4v) is 2.64. The lowest BCUT2D eigenvalue weighted by atomic mass is 10.1. The molecule has 3 aromatic heterocycles. The molecule has 5 heteroatoms. The van der Waals surface area contributed by atoms with Gasteiger partial charge in [0.05, 0.1) is 12.2 Å². The first-order chi connectivity index (χ1) is 12.3. The van der Waals surface area contributed by atoms with Crippen LogP contribution in [0.1, 0.15) is 22.8 Å². The summed E-state index contributed by atoms with van der Waals surface area (Å²) in [5.74, 6) is 0.683. The van der Waals surface area contributed by atoms with Crippen molar-refractivity contribution in [2.75, 3.05) is 5.32 Å². The van der Waals surface area contributed by atoms with Crippen LogP contribution in [0.25, 0.3) is 11.2 Å². The second-order valence-electron chi connectivity index (χ2n) is 5.93. The lowest BCUT2D eigenvalue weighted by Crippen LogP contribution is -2.01. The van der Waals surface area contributed by atoms with Crippen LogP contribution < -0.4 is 5.32 Å². The Morgan fingerprint density at radius 1 is 0.960 bits per heavy atom. The molecule has 0 unspecified atom stereocenters. The van der Waals surface area contributed by atoms with E-state index in [9.17, 15) is 0 Å². The Labute approximate surface area is 145 Å². The quantitative estimate of drug-likeness (QED) is 0.596. The van der Waals surface area contributed by atoms with E-state index in [-0.39, 0.29) is 0 Å². The molecule has 0 saturated heterocycles. The van der Waals surface area contributed by atoms with Gasteiger partial charge in [-0.1, -0.05) is 18.2 Å². The van der Waals surface area contributed by atoms with Crippen LogP contribution in [-0.4, -0.2) is 15.0 Å². The molecule has 0 aliphatic heterocycles. The van der Waals surface area contributed by atoms with Crippen LogP contribution in [0.4, 0.5) is 5.69 Å². The monoisotopic (exact) mass is 330 g/mol. The van der Waals surface area contributed by atoms with Gasteiger partial charge < -0.3 is 9.73 Å². The standard InChI is InChI=1S/C20H18N4O/c1-14-5-10-18-20(23-14)24-19(25-18)12-15-6-8-16(9-7-15)22-13-17-4-2-3-11-21-17/h2-11,22H,12-13H2,1H3. The van der Waals surface area contributed by atoms with Crippen LogP contribution in [0, 0.1) is 6.92 Å². The van der Waals surface area contributed by atoms with Gasteiger partial charge in [-0.2, -0.15) is 4.98 Å². The van der Waals surface area contributed by atoms with Crippen molar-refractivity contribution in [1.29, 1.82) is 0 Å². The Morgan fingerprint density at radius 3 is 2.64 bits per heavy atom. The smallest absolute Gasteiger partial charge is 0.201 e. The summed E-state index contributed by atoms with van der Waals surface area (Å²) in [6.45, 7) is 2.65. The van der Waals surface area contributed by atoms with Crippen molar-refractivity contribution in [3.8, 4) is 0 Å². The molecule has 0 radical (unpaired) electrons. The van der Waals surface area contributed by atoms with E-state index >= 15 is 0 Å². The zero-order chi connectivity index (χ0) is 17.1. The average Bonchev–Trinajstić information content (AvgIpc) is 3.03. The number of nitrogens with zero attached hydrogens (tertiary/aromatic N) is 3. The number of pyridine rings is 2. The third-order valence-electron chi connectivity index (χ3n) is 3.95. The largest absolute Gasteiger partial charge is 0.439 e. The van der Waals surface area contributed by atoms with Crippen molar-refractivity contribution >= 4 is 16.9 Å². The second kappa shape index (κ2) is 6.73. The summed E-state index contributed by atoms with van der Waals surface area (Å²) >= 11 is 0. The van der Waals surface area contributed by atoms with Gasteiger partial charge in [0.1, 0.15) is 0 Å². The molecular weight excluding hydrogens is 312 g/mol. The van der Waals surface area contributed by atoms with E-state index in [1.165, 1.54) is 0 Å². The first kappa shape index (κ1) is 15.3. The Hall–Kier alpha value is -3.21. The second-order valence-corrected chi connectivity index (χ2v) is 5.93. The third kappa shape index (κ3) is 3.66. The van der Waals surface area contributed by atoms with Crippen molar-refractivity contribution in [1.82, 2.24) is 15.0 Å². The molecule has 4 rings (SSSR count). The Kier molecular flexibility index (Phi) is 4.12. The number of hydrogen-bond donors (Lipinski definition) is 1. The first-order valence-electron chi connectivity index (χ1n) is 8.22. The van der Waals surface area contributed by atoms with E-state index < -0.39 is 0 Å². The SMILES string of the molecule is Cc1ccc2oc(Cc3ccc(NCc4ccccn4)cc3)nc2n1. The number of nitrogens with one attached hydrogen (secondary N) is 1. The Balaban J connectivity index is 1.42. The van der Waals surface area contributed by atoms with E-state index in [0.29, 0.717) is 24.5 Å². The van der Waals surface area contributed by atoms with Crippen LogP contribution in [-0.2, 0) is 13.0 Å². The van der Waals surface area contributed by atoms with Crippen LogP contribution in [0.15, 0.2) is 65.2 Å². The number of anilines is 1. The summed E-state index contributed by atoms with van der Waals surface area (Å²) in [5, 5.41) is 3.37. The van der Waals surface area contributed by atoms with Crippen molar-refractivity contribution in [2.24, 2.45) is 0 Å². The molecule has 0 amide bonds. The van der Waals surface area contributed by atoms with Gasteiger partial charge in [0.25, 0.3) is 0 Å². The lowest BCUT2D eigenvalue weighted by molar-refractivity contribution is 0.544. The molecule has 0 aliphatic rings. The highest BCUT2D eigenvalue weighted by Crippen LogP contribution is 2.18. The van der Waals surface area contributed by atoms with Crippen molar-refractivity contribution in [3.05, 3.63) is 83.6 Å². The number of aromatic nitrogens is 3. The fraction of sp³-hybridized carbons (Fsp3) is 0.150. The van der Waals surface area contributed by atoms with Gasteiger partial charge in [-0.15, -0.1) is 0 Å². The Morgan fingerprint density at radius 2 is 1.84 bits per heavy atom. The van der Waals surface area contributed by atoms with E-state index in [2.05, 4.69) is 44.5 Å². The van der Waals surface area contributed by atoms with Gasteiger partial charge in [0.15, 0.2) is 11.2 Å². The summed E-state index contributed by atoms with van der Waals surface area (Å²) in [7, 11) is 0. The van der Waals surface area contributed by atoms with Gasteiger partial charge in [0, 0.05) is 24.0 Å². The topological polar surface area (TPSA) is 63.8 Å². The predicted molar refractivity (Wildman–Crippen MR) is 97.4 cm³/mol. The minimum absolute atomic E-state index is 0.649. The van der Waals surface area contributed by atoms with Crippen molar-refractivity contribution in [2.45, 2.75) is 19.9 Å². The van der Waals surface area contributed by atoms with E-state index in [4.69, 9.17) is 4.42 Å². The number of benzene rings is 1. The van der Waals surface area contributed by atoms with E-state index in [0.717, 1.165) is 28.2 Å². The van der Waals surface area contributed by atoms with Crippen LogP contribution >= 0.6 is 0 Å². The molecule has 1 N–H and O–H groups in total. The van der Waals surface area contributed by atoms with E-state index in [1.807, 2.05) is 37.3 Å². The molecule has 1 aromatic carbocycles. The summed E-state index contributed by atoms with van der Waals surface area (Å²) in [4.78, 5) is 13.2. The van der Waals surface area contributed by atoms with Crippen molar-refractivity contribution in [3.63, 3.8) is 0 Å². The number of aryl methyl sites for hydroxylation is 1. The molecule has 4 aromatic rings. The maximum absolute atomic E-state index is 5.77. The minimum atomic E-state index is 0.649. The molecular formula is C20H18N4O. The first-order valence-corrected chi connectivity index (χ1v) is 8.22. The number of rotatable bonds is 5. The number of oxazole rings is 1. The van der Waals surface area contributed by atoms with Gasteiger partial charge in [-0.25, -0.2) is 4.98 Å². The van der Waals surface area contributed by atoms with Gasteiger partial charge >= 0.3 is 0 Å². The average molecular weight is 330 g/mol. The zero-order valence-electron chi connectivity index (χ0n) is 13.9. The third-order valence-corrected chi connectivity index (χ3v) is 3.95. The highest BCUT2D eigenvalue weighted by atomic mass is 16.3. The molecule has 0 fully saturated rings. The summed E-state index contributed by atoms with van der Waals surface area (Å²) in [6, 6.07) is 18.0.